The number of nitrogens with zero attached hydrogens (tertiary/aromatic N) is 2. The number of benzene rings is 1. The first kappa shape index (κ1) is 20.1. The molecule has 0 aliphatic heterocycles. The second-order valence-corrected chi connectivity index (χ2v) is 10.5. The van der Waals surface area contributed by atoms with Crippen LogP contribution in [0.1, 0.15) is 70.8 Å². The van der Waals surface area contributed by atoms with Crippen molar-refractivity contribution >= 4 is 11.9 Å². The molecule has 1 aromatic rings. The van der Waals surface area contributed by atoms with Crippen LogP contribution in [-0.2, 0) is 0 Å². The van der Waals surface area contributed by atoms with Crippen LogP contribution in [0.5, 0.6) is 0 Å². The number of aliphatic hydroxyl groups is 1. The molecule has 0 aromatic heterocycles. The minimum atomic E-state index is -0.229. The number of allylic oxidation sites excluding steroid dienone is 1. The normalized spacial score (nSPS) is 42.0. The van der Waals surface area contributed by atoms with Crippen LogP contribution in [0.25, 0.3) is 0 Å². The largest absolute Gasteiger partial charge is 0.393 e. The summed E-state index contributed by atoms with van der Waals surface area (Å²) < 4.78 is 13.1. The number of aliphatic hydroxyl groups excluding tert-OH is 1. The molecule has 6 atom stereocenters. The molecule has 4 unspecified atom stereocenters. The molecule has 1 aromatic carbocycles. The van der Waals surface area contributed by atoms with Crippen LogP contribution in [0.2, 0.25) is 0 Å². The van der Waals surface area contributed by atoms with E-state index in [2.05, 4.69) is 30.1 Å². The van der Waals surface area contributed by atoms with E-state index in [1.165, 1.54) is 42.7 Å². The smallest absolute Gasteiger partial charge is 0.123 e. The van der Waals surface area contributed by atoms with E-state index in [0.29, 0.717) is 5.92 Å². The number of hydrogen-bond acceptors (Lipinski definition) is 3. The first-order chi connectivity index (χ1) is 14.4. The van der Waals surface area contributed by atoms with E-state index in [-0.39, 0.29) is 22.8 Å². The molecule has 0 amide bonds. The van der Waals surface area contributed by atoms with Crippen molar-refractivity contribution in [1.82, 2.24) is 0 Å². The Kier molecular flexibility index (Phi) is 4.96. The molecule has 4 heteroatoms. The molecule has 4 aliphatic carbocycles. The lowest BCUT2D eigenvalue weighted by atomic mass is 9.48. The van der Waals surface area contributed by atoms with Gasteiger partial charge in [0.2, 0.25) is 0 Å². The molecule has 30 heavy (non-hydrogen) atoms. The highest BCUT2D eigenvalue weighted by atomic mass is 19.1. The molecule has 0 heterocycles. The Bertz CT molecular complexity index is 904. The summed E-state index contributed by atoms with van der Waals surface area (Å²) in [6.45, 7) is 4.89. The fraction of sp³-hybridized carbons (Fsp3) is 0.615. The van der Waals surface area contributed by atoms with Gasteiger partial charge in [-0.15, -0.1) is 0 Å². The molecule has 3 saturated carbocycles. The quantitative estimate of drug-likeness (QED) is 0.368. The zero-order chi connectivity index (χ0) is 20.9. The summed E-state index contributed by atoms with van der Waals surface area (Å²) in [4.78, 5) is 0. The summed E-state index contributed by atoms with van der Waals surface area (Å²) >= 11 is 0. The summed E-state index contributed by atoms with van der Waals surface area (Å²) in [6.07, 6.45) is 12.9. The third-order valence-corrected chi connectivity index (χ3v) is 9.07. The van der Waals surface area contributed by atoms with Crippen LogP contribution >= 0.6 is 0 Å². The fourth-order valence-electron chi connectivity index (χ4n) is 7.31. The van der Waals surface area contributed by atoms with Crippen LogP contribution in [0.3, 0.4) is 0 Å². The van der Waals surface area contributed by atoms with E-state index in [0.717, 1.165) is 49.5 Å². The maximum atomic E-state index is 13.1. The highest BCUT2D eigenvalue weighted by molar-refractivity contribution is 5.93. The van der Waals surface area contributed by atoms with Crippen LogP contribution < -0.4 is 0 Å². The van der Waals surface area contributed by atoms with Crippen molar-refractivity contribution in [2.45, 2.75) is 71.3 Å². The maximum absolute atomic E-state index is 13.1. The molecular weight excluding hydrogens is 375 g/mol. The predicted octanol–water partition coefficient (Wildman–Crippen LogP) is 5.92. The monoisotopic (exact) mass is 408 g/mol. The average Bonchev–Trinajstić information content (AvgIpc) is 3.06. The summed E-state index contributed by atoms with van der Waals surface area (Å²) in [5.74, 6) is 1.91. The highest BCUT2D eigenvalue weighted by Gasteiger charge is 2.57. The van der Waals surface area contributed by atoms with Crippen LogP contribution in [0.15, 0.2) is 46.1 Å². The standard InChI is InChI=1S/C26H33FN2O/c1-25-13-11-20(30)15-18(25)5-8-21-22-9-10-24(26(22,2)14-12-23(21)25)29-28-16-17-3-6-19(27)7-4-17/h3-7,16,20-23,30H,8-15H2,1-2H3/t20?,21?,22?,23?,25-,26-/m0/s1. The Morgan fingerprint density at radius 2 is 1.77 bits per heavy atom. The van der Waals surface area contributed by atoms with Crippen molar-refractivity contribution in [3.05, 3.63) is 47.3 Å². The fourth-order valence-corrected chi connectivity index (χ4v) is 7.31. The van der Waals surface area contributed by atoms with Crippen molar-refractivity contribution in [3.8, 4) is 0 Å². The zero-order valence-corrected chi connectivity index (χ0v) is 18.1. The molecule has 3 fully saturated rings. The first-order valence-electron chi connectivity index (χ1n) is 11.6. The Hall–Kier alpha value is -1.81. The third kappa shape index (κ3) is 3.19. The molecule has 0 saturated heterocycles. The number of halogens is 1. The number of hydrogen-bond donors (Lipinski definition) is 1. The van der Waals surface area contributed by atoms with Crippen molar-refractivity contribution in [2.75, 3.05) is 0 Å². The predicted molar refractivity (Wildman–Crippen MR) is 119 cm³/mol. The Balaban J connectivity index is 1.37. The minimum Gasteiger partial charge on any atom is -0.393 e. The van der Waals surface area contributed by atoms with Crippen molar-refractivity contribution < 1.29 is 9.50 Å². The Morgan fingerprint density at radius 1 is 1.03 bits per heavy atom. The summed E-state index contributed by atoms with van der Waals surface area (Å²) in [7, 11) is 0. The molecule has 5 rings (SSSR count). The van der Waals surface area contributed by atoms with Crippen LogP contribution in [0, 0.1) is 34.4 Å². The van der Waals surface area contributed by atoms with Crippen LogP contribution in [0.4, 0.5) is 4.39 Å². The summed E-state index contributed by atoms with van der Waals surface area (Å²) in [6, 6.07) is 6.38. The second kappa shape index (κ2) is 7.40. The lowest BCUT2D eigenvalue weighted by Gasteiger charge is -2.57. The van der Waals surface area contributed by atoms with Crippen LogP contribution in [-0.4, -0.2) is 23.1 Å². The number of fused-ring (bicyclic) bond motifs is 5. The van der Waals surface area contributed by atoms with Gasteiger partial charge in [0.1, 0.15) is 5.82 Å². The van der Waals surface area contributed by atoms with E-state index >= 15 is 0 Å². The van der Waals surface area contributed by atoms with Gasteiger partial charge < -0.3 is 5.11 Å². The summed E-state index contributed by atoms with van der Waals surface area (Å²) in [5.41, 5.74) is 4.09. The van der Waals surface area contributed by atoms with E-state index in [4.69, 9.17) is 0 Å². The molecule has 0 spiro atoms. The van der Waals surface area contributed by atoms with E-state index in [1.54, 1.807) is 18.3 Å². The van der Waals surface area contributed by atoms with Gasteiger partial charge in [0.05, 0.1) is 12.3 Å². The lowest BCUT2D eigenvalue weighted by Crippen LogP contribution is -2.50. The second-order valence-electron chi connectivity index (χ2n) is 10.5. The molecule has 0 radical (unpaired) electrons. The molecule has 4 aliphatic rings. The van der Waals surface area contributed by atoms with Crippen molar-refractivity contribution in [3.63, 3.8) is 0 Å². The van der Waals surface area contributed by atoms with Gasteiger partial charge in [-0.05, 0) is 92.2 Å². The van der Waals surface area contributed by atoms with Gasteiger partial charge in [0, 0.05) is 11.1 Å². The average molecular weight is 409 g/mol. The Labute approximate surface area is 179 Å². The maximum Gasteiger partial charge on any atom is 0.123 e. The number of rotatable bonds is 2. The topological polar surface area (TPSA) is 45.0 Å². The van der Waals surface area contributed by atoms with Gasteiger partial charge in [-0.1, -0.05) is 37.6 Å². The zero-order valence-electron chi connectivity index (χ0n) is 18.1. The molecular formula is C26H33FN2O. The van der Waals surface area contributed by atoms with Gasteiger partial charge >= 0.3 is 0 Å². The van der Waals surface area contributed by atoms with Crippen molar-refractivity contribution in [2.24, 2.45) is 38.8 Å². The van der Waals surface area contributed by atoms with E-state index in [9.17, 15) is 9.50 Å². The first-order valence-corrected chi connectivity index (χ1v) is 11.6. The van der Waals surface area contributed by atoms with Crippen molar-refractivity contribution in [1.29, 1.82) is 0 Å². The van der Waals surface area contributed by atoms with Gasteiger partial charge in [-0.2, -0.15) is 10.2 Å². The molecule has 160 valence electrons. The van der Waals surface area contributed by atoms with E-state index in [1.807, 2.05) is 0 Å². The molecule has 0 bridgehead atoms. The Morgan fingerprint density at radius 3 is 2.57 bits per heavy atom. The van der Waals surface area contributed by atoms with Gasteiger partial charge in [0.15, 0.2) is 0 Å². The van der Waals surface area contributed by atoms with Gasteiger partial charge in [-0.25, -0.2) is 4.39 Å². The molecule has 1 N–H and O–H groups in total. The third-order valence-electron chi connectivity index (χ3n) is 9.07. The molecule has 3 nitrogen and oxygen atoms in total. The van der Waals surface area contributed by atoms with E-state index < -0.39 is 0 Å². The SMILES string of the molecule is C[C@]12CCC(O)CC1=CCC1C2CC[C@]2(C)C(=NN=Cc3ccc(F)cc3)CCC12. The summed E-state index contributed by atoms with van der Waals surface area (Å²) in [5, 5.41) is 19.2. The van der Waals surface area contributed by atoms with Gasteiger partial charge in [-0.3, -0.25) is 0 Å². The van der Waals surface area contributed by atoms with Gasteiger partial charge in [0.25, 0.3) is 0 Å². The lowest BCUT2D eigenvalue weighted by molar-refractivity contribution is -0.0209. The minimum absolute atomic E-state index is 0.140. The highest BCUT2D eigenvalue weighted by Crippen LogP contribution is 2.64.